The van der Waals surface area contributed by atoms with Crippen LogP contribution in [0.15, 0.2) is 47.1 Å². The lowest BCUT2D eigenvalue weighted by Crippen LogP contribution is -2.03. The molecule has 2 aromatic heterocycles. The second-order valence-electron chi connectivity index (χ2n) is 4.44. The minimum atomic E-state index is 0.421. The van der Waals surface area contributed by atoms with Gasteiger partial charge in [0.2, 0.25) is 0 Å². The van der Waals surface area contributed by atoms with Crippen molar-refractivity contribution in [1.82, 2.24) is 14.6 Å². The van der Waals surface area contributed by atoms with Crippen LogP contribution in [-0.2, 0) is 13.1 Å². The zero-order valence-electron chi connectivity index (χ0n) is 10.8. The summed E-state index contributed by atoms with van der Waals surface area (Å²) in [6, 6.07) is 12.0. The number of nitrogens with one attached hydrogen (secondary N) is 1. The molecule has 0 radical (unpaired) electrons. The maximum absolute atomic E-state index is 5.58. The second kappa shape index (κ2) is 5.60. The molecule has 5 nitrogen and oxygen atoms in total. The fourth-order valence-electron chi connectivity index (χ4n) is 1.96. The zero-order valence-corrected chi connectivity index (χ0v) is 12.3. The lowest BCUT2D eigenvalue weighted by atomic mass is 10.2. The Hall–Kier alpha value is -1.92. The average molecular weight is 332 g/mol. The number of halogens is 1. The summed E-state index contributed by atoms with van der Waals surface area (Å²) in [5.74, 6) is 0.804. The number of hydrogen-bond donors (Lipinski definition) is 2. The molecular formula is C14H14BrN5. The average Bonchev–Trinajstić information content (AvgIpc) is 2.87. The molecule has 2 heterocycles. The second-order valence-corrected chi connectivity index (χ2v) is 5.36. The highest BCUT2D eigenvalue weighted by Gasteiger charge is 2.02. The normalized spacial score (nSPS) is 10.9. The van der Waals surface area contributed by atoms with Gasteiger partial charge >= 0.3 is 0 Å². The van der Waals surface area contributed by atoms with Gasteiger partial charge in [-0.15, -0.1) is 5.10 Å². The topological polar surface area (TPSA) is 68.2 Å². The molecule has 3 rings (SSSR count). The molecule has 3 aromatic rings. The van der Waals surface area contributed by atoms with E-state index in [0.717, 1.165) is 28.2 Å². The van der Waals surface area contributed by atoms with Crippen LogP contribution in [0, 0.1) is 0 Å². The van der Waals surface area contributed by atoms with Crippen LogP contribution in [0.1, 0.15) is 11.3 Å². The van der Waals surface area contributed by atoms with E-state index in [1.807, 2.05) is 30.5 Å². The highest BCUT2D eigenvalue weighted by atomic mass is 79.9. The Morgan fingerprint density at radius 2 is 2.15 bits per heavy atom. The lowest BCUT2D eigenvalue weighted by Gasteiger charge is -2.06. The molecule has 1 aromatic carbocycles. The number of anilines is 1. The molecule has 3 N–H and O–H groups in total. The van der Waals surface area contributed by atoms with Crippen LogP contribution in [-0.4, -0.2) is 14.6 Å². The third-order valence-electron chi connectivity index (χ3n) is 2.94. The van der Waals surface area contributed by atoms with Gasteiger partial charge < -0.3 is 11.1 Å². The molecule has 6 heteroatoms. The number of aromatic nitrogens is 3. The molecule has 0 saturated carbocycles. The Labute approximate surface area is 125 Å². The van der Waals surface area contributed by atoms with Crippen molar-refractivity contribution < 1.29 is 0 Å². The Bertz CT molecular complexity index is 737. The molecule has 20 heavy (non-hydrogen) atoms. The van der Waals surface area contributed by atoms with Crippen LogP contribution in [0.2, 0.25) is 0 Å². The van der Waals surface area contributed by atoms with Crippen molar-refractivity contribution in [1.29, 1.82) is 0 Å². The molecule has 0 aliphatic carbocycles. The van der Waals surface area contributed by atoms with E-state index >= 15 is 0 Å². The molecule has 0 amide bonds. The van der Waals surface area contributed by atoms with Gasteiger partial charge in [0.25, 0.3) is 0 Å². The Balaban J connectivity index is 1.77. The lowest BCUT2D eigenvalue weighted by molar-refractivity contribution is 0.919. The fraction of sp³-hybridized carbons (Fsp3) is 0.143. The molecule has 0 saturated heterocycles. The number of fused-ring (bicyclic) bond motifs is 1. The Kier molecular flexibility index (Phi) is 3.66. The fourth-order valence-corrected chi connectivity index (χ4v) is 2.41. The molecule has 0 unspecified atom stereocenters. The monoisotopic (exact) mass is 331 g/mol. The van der Waals surface area contributed by atoms with E-state index in [4.69, 9.17) is 5.73 Å². The van der Waals surface area contributed by atoms with Crippen LogP contribution in [0.5, 0.6) is 0 Å². The summed E-state index contributed by atoms with van der Waals surface area (Å²) in [6.07, 6.45) is 1.85. The highest BCUT2D eigenvalue weighted by molar-refractivity contribution is 9.10. The number of hydrogen-bond acceptors (Lipinski definition) is 4. The third kappa shape index (κ3) is 2.81. The Morgan fingerprint density at radius 1 is 1.25 bits per heavy atom. The SMILES string of the molecule is NCc1cn2nc(NCc3cccc(Br)c3)ccc2n1. The van der Waals surface area contributed by atoms with Crippen LogP contribution in [0.4, 0.5) is 5.82 Å². The van der Waals surface area contributed by atoms with Gasteiger partial charge in [-0.25, -0.2) is 9.50 Å². The van der Waals surface area contributed by atoms with Crippen molar-refractivity contribution in [3.63, 3.8) is 0 Å². The predicted molar refractivity (Wildman–Crippen MR) is 82.3 cm³/mol. The van der Waals surface area contributed by atoms with Gasteiger partial charge in [0, 0.05) is 17.6 Å². The number of nitrogens with two attached hydrogens (primary N) is 1. The summed E-state index contributed by atoms with van der Waals surface area (Å²) in [5, 5.41) is 7.75. The smallest absolute Gasteiger partial charge is 0.153 e. The van der Waals surface area contributed by atoms with Crippen LogP contribution < -0.4 is 11.1 Å². The third-order valence-corrected chi connectivity index (χ3v) is 3.43. The maximum Gasteiger partial charge on any atom is 0.153 e. The molecule has 0 bridgehead atoms. The highest BCUT2D eigenvalue weighted by Crippen LogP contribution is 2.13. The summed E-state index contributed by atoms with van der Waals surface area (Å²) in [6.45, 7) is 1.14. The molecule has 0 spiro atoms. The van der Waals surface area contributed by atoms with Gasteiger partial charge in [0.05, 0.1) is 11.9 Å². The quantitative estimate of drug-likeness (QED) is 0.770. The van der Waals surface area contributed by atoms with Crippen LogP contribution in [0.25, 0.3) is 5.65 Å². The summed E-state index contributed by atoms with van der Waals surface area (Å²) >= 11 is 3.46. The maximum atomic E-state index is 5.58. The molecule has 0 aliphatic heterocycles. The van der Waals surface area contributed by atoms with Crippen molar-refractivity contribution in [2.24, 2.45) is 5.73 Å². The summed E-state index contributed by atoms with van der Waals surface area (Å²) in [7, 11) is 0. The first-order chi connectivity index (χ1) is 9.74. The number of benzene rings is 1. The van der Waals surface area contributed by atoms with E-state index in [1.165, 1.54) is 5.56 Å². The number of nitrogens with zero attached hydrogens (tertiary/aromatic N) is 3. The molecule has 102 valence electrons. The van der Waals surface area contributed by atoms with E-state index in [2.05, 4.69) is 43.5 Å². The summed E-state index contributed by atoms with van der Waals surface area (Å²) < 4.78 is 2.81. The van der Waals surface area contributed by atoms with Crippen LogP contribution in [0.3, 0.4) is 0 Å². The molecule has 0 atom stereocenters. The van der Waals surface area contributed by atoms with Gasteiger partial charge in [0.15, 0.2) is 5.65 Å². The minimum Gasteiger partial charge on any atom is -0.365 e. The van der Waals surface area contributed by atoms with Gasteiger partial charge in [0.1, 0.15) is 5.82 Å². The first-order valence-electron chi connectivity index (χ1n) is 6.28. The van der Waals surface area contributed by atoms with E-state index in [0.29, 0.717) is 6.54 Å². The number of imidazole rings is 1. The van der Waals surface area contributed by atoms with E-state index in [9.17, 15) is 0 Å². The van der Waals surface area contributed by atoms with Crippen molar-refractivity contribution in [3.05, 3.63) is 58.3 Å². The van der Waals surface area contributed by atoms with Crippen molar-refractivity contribution in [2.75, 3.05) is 5.32 Å². The summed E-state index contributed by atoms with van der Waals surface area (Å²) in [4.78, 5) is 4.34. The standard InChI is InChI=1S/C14H14BrN5/c15-11-3-1-2-10(6-11)8-17-13-4-5-14-18-12(7-16)9-20(14)19-13/h1-6,9H,7-8,16H2,(H,17,19). The first kappa shape index (κ1) is 13.1. The van der Waals surface area contributed by atoms with Gasteiger partial charge in [-0.05, 0) is 29.8 Å². The number of rotatable bonds is 4. The molecule has 0 aliphatic rings. The predicted octanol–water partition coefficient (Wildman–Crippen LogP) is 2.56. The van der Waals surface area contributed by atoms with E-state index in [1.54, 1.807) is 4.52 Å². The van der Waals surface area contributed by atoms with Crippen molar-refractivity contribution in [2.45, 2.75) is 13.1 Å². The van der Waals surface area contributed by atoms with Crippen molar-refractivity contribution >= 4 is 27.4 Å². The van der Waals surface area contributed by atoms with E-state index < -0.39 is 0 Å². The Morgan fingerprint density at radius 3 is 2.95 bits per heavy atom. The zero-order chi connectivity index (χ0) is 13.9. The van der Waals surface area contributed by atoms with E-state index in [-0.39, 0.29) is 0 Å². The van der Waals surface area contributed by atoms with Crippen molar-refractivity contribution in [3.8, 4) is 0 Å². The van der Waals surface area contributed by atoms with Crippen LogP contribution >= 0.6 is 15.9 Å². The van der Waals surface area contributed by atoms with Gasteiger partial charge in [-0.2, -0.15) is 0 Å². The molecular weight excluding hydrogens is 318 g/mol. The van der Waals surface area contributed by atoms with Gasteiger partial charge in [-0.3, -0.25) is 0 Å². The minimum absolute atomic E-state index is 0.421. The molecule has 0 fully saturated rings. The summed E-state index contributed by atoms with van der Waals surface area (Å²) in [5.41, 5.74) is 8.41. The first-order valence-corrected chi connectivity index (χ1v) is 7.07. The largest absolute Gasteiger partial charge is 0.365 e. The van der Waals surface area contributed by atoms with Gasteiger partial charge in [-0.1, -0.05) is 28.1 Å².